The molecule has 0 radical (unpaired) electrons. The minimum Gasteiger partial charge on any atom is -0.454 e. The van der Waals surface area contributed by atoms with Crippen LogP contribution in [0.4, 0.5) is 0 Å². The molecule has 6 atom stereocenters. The maximum Gasteiger partial charge on any atom is 0.334 e. The Kier molecular flexibility index (Phi) is 2.47. The minimum absolute atomic E-state index is 0.0497. The lowest BCUT2D eigenvalue weighted by Gasteiger charge is -2.21. The lowest BCUT2D eigenvalue weighted by molar-refractivity contribution is -0.139. The molecule has 5 heteroatoms. The van der Waals surface area contributed by atoms with Crippen molar-refractivity contribution in [3.8, 4) is 0 Å². The van der Waals surface area contributed by atoms with Gasteiger partial charge in [0.25, 0.3) is 0 Å². The molecule has 20 heavy (non-hydrogen) atoms. The maximum absolute atomic E-state index is 11.8. The molecule has 2 bridgehead atoms. The molecule has 3 fully saturated rings. The smallest absolute Gasteiger partial charge is 0.334 e. The molecule has 4 aliphatic rings. The van der Waals surface area contributed by atoms with Gasteiger partial charge < -0.3 is 19.3 Å². The summed E-state index contributed by atoms with van der Waals surface area (Å²) in [6, 6.07) is 0. The molecule has 0 saturated carbocycles. The Hall–Kier alpha value is -1.17. The first kappa shape index (κ1) is 12.6. The number of rotatable bonds is 0. The van der Waals surface area contributed by atoms with Crippen molar-refractivity contribution in [1.29, 1.82) is 0 Å². The molecule has 3 aliphatic heterocycles. The van der Waals surface area contributed by atoms with Gasteiger partial charge in [-0.15, -0.1) is 0 Å². The average Bonchev–Trinajstić information content (AvgIpc) is 2.90. The molecule has 0 unspecified atom stereocenters. The zero-order chi connectivity index (χ0) is 14.1. The van der Waals surface area contributed by atoms with Crippen LogP contribution in [0.2, 0.25) is 0 Å². The van der Waals surface area contributed by atoms with Gasteiger partial charge >= 0.3 is 5.97 Å². The molecular formula is C15H18O5. The number of carbonyl (C=O) groups is 1. The summed E-state index contributed by atoms with van der Waals surface area (Å²) >= 11 is 0. The Labute approximate surface area is 117 Å². The van der Waals surface area contributed by atoms with Crippen LogP contribution in [0.25, 0.3) is 0 Å². The normalized spacial score (nSPS) is 52.7. The van der Waals surface area contributed by atoms with Crippen LogP contribution in [0, 0.1) is 5.92 Å². The summed E-state index contributed by atoms with van der Waals surface area (Å²) in [5, 5.41) is 10.2. The zero-order valence-corrected chi connectivity index (χ0v) is 11.4. The molecule has 108 valence electrons. The van der Waals surface area contributed by atoms with Crippen LogP contribution < -0.4 is 0 Å². The van der Waals surface area contributed by atoms with E-state index in [1.807, 2.05) is 13.0 Å². The number of carbonyl (C=O) groups excluding carboxylic acids is 1. The van der Waals surface area contributed by atoms with Gasteiger partial charge in [-0.05, 0) is 25.8 Å². The maximum atomic E-state index is 11.8. The molecule has 0 aromatic rings. The first-order valence-electron chi connectivity index (χ1n) is 7.10. The standard InChI is InChI=1S/C15H18O5/c1-7-3-4-11-15(20-11)6-10(19-14(15)17)12-8(2)13(16)18-9(12)5-7/h5,9-12,14,17H,2-4,6H2,1H3/b7-5-/t9-,10-,11-,12+,14-,15-/m1/s1. The van der Waals surface area contributed by atoms with Gasteiger partial charge in [0.2, 0.25) is 0 Å². The fourth-order valence-corrected chi connectivity index (χ4v) is 3.79. The van der Waals surface area contributed by atoms with Crippen LogP contribution in [0.5, 0.6) is 0 Å². The van der Waals surface area contributed by atoms with E-state index in [4.69, 9.17) is 14.2 Å². The van der Waals surface area contributed by atoms with E-state index < -0.39 is 11.9 Å². The Bertz CT molecular complexity index is 524. The van der Waals surface area contributed by atoms with E-state index in [-0.39, 0.29) is 30.2 Å². The molecule has 3 heterocycles. The minimum atomic E-state index is -0.917. The van der Waals surface area contributed by atoms with Crippen LogP contribution >= 0.6 is 0 Å². The van der Waals surface area contributed by atoms with Crippen LogP contribution in [0.3, 0.4) is 0 Å². The highest BCUT2D eigenvalue weighted by Gasteiger charge is 2.68. The van der Waals surface area contributed by atoms with Gasteiger partial charge in [-0.1, -0.05) is 12.2 Å². The Morgan fingerprint density at radius 1 is 1.50 bits per heavy atom. The predicted octanol–water partition coefficient (Wildman–Crippen LogP) is 1.07. The number of aliphatic hydroxyl groups excluding tert-OH is 1. The van der Waals surface area contributed by atoms with Gasteiger partial charge in [0.05, 0.1) is 18.1 Å². The van der Waals surface area contributed by atoms with Crippen molar-refractivity contribution in [3.05, 3.63) is 23.8 Å². The predicted molar refractivity (Wildman–Crippen MR) is 68.6 cm³/mol. The zero-order valence-electron chi connectivity index (χ0n) is 11.4. The molecule has 0 aromatic carbocycles. The van der Waals surface area contributed by atoms with E-state index in [1.54, 1.807) is 0 Å². The number of fused-ring (bicyclic) bond motifs is 3. The second-order valence-electron chi connectivity index (χ2n) is 6.27. The van der Waals surface area contributed by atoms with Gasteiger partial charge in [-0.2, -0.15) is 0 Å². The Morgan fingerprint density at radius 2 is 2.30 bits per heavy atom. The SMILES string of the molecule is C=C1C(=O)O[C@@H]2/C=C(/C)CC[C@H]3O[C@]34C[C@@H](O[C@H]4O)[C@@H]12. The summed E-state index contributed by atoms with van der Waals surface area (Å²) in [4.78, 5) is 11.8. The number of aliphatic hydroxyl groups is 1. The monoisotopic (exact) mass is 278 g/mol. The third-order valence-electron chi connectivity index (χ3n) is 5.00. The van der Waals surface area contributed by atoms with Crippen LogP contribution in [0.15, 0.2) is 23.8 Å². The first-order chi connectivity index (χ1) is 9.51. The second-order valence-corrected chi connectivity index (χ2v) is 6.27. The molecular weight excluding hydrogens is 260 g/mol. The molecule has 0 aromatic heterocycles. The fourth-order valence-electron chi connectivity index (χ4n) is 3.79. The highest BCUT2D eigenvalue weighted by atomic mass is 16.7. The Morgan fingerprint density at radius 3 is 3.10 bits per heavy atom. The summed E-state index contributed by atoms with van der Waals surface area (Å²) in [5.41, 5.74) is 1.04. The number of hydrogen-bond acceptors (Lipinski definition) is 5. The topological polar surface area (TPSA) is 68.3 Å². The third-order valence-corrected chi connectivity index (χ3v) is 5.00. The number of epoxide rings is 1. The number of ether oxygens (including phenoxy) is 3. The van der Waals surface area contributed by atoms with E-state index in [0.29, 0.717) is 12.0 Å². The summed E-state index contributed by atoms with van der Waals surface area (Å²) in [5.74, 6) is -0.593. The molecule has 4 rings (SSSR count). The highest BCUT2D eigenvalue weighted by Crippen LogP contribution is 2.54. The van der Waals surface area contributed by atoms with Crippen LogP contribution in [0.1, 0.15) is 26.2 Å². The van der Waals surface area contributed by atoms with Crippen molar-refractivity contribution in [3.63, 3.8) is 0 Å². The number of esters is 1. The van der Waals surface area contributed by atoms with E-state index in [0.717, 1.165) is 12.8 Å². The molecule has 0 amide bonds. The largest absolute Gasteiger partial charge is 0.454 e. The van der Waals surface area contributed by atoms with Crippen LogP contribution in [-0.4, -0.2) is 41.3 Å². The summed E-state index contributed by atoms with van der Waals surface area (Å²) in [7, 11) is 0. The summed E-state index contributed by atoms with van der Waals surface area (Å²) in [6.07, 6.45) is 2.85. The van der Waals surface area contributed by atoms with Crippen LogP contribution in [-0.2, 0) is 19.0 Å². The van der Waals surface area contributed by atoms with Crippen molar-refractivity contribution in [2.45, 2.75) is 56.4 Å². The highest BCUT2D eigenvalue weighted by molar-refractivity contribution is 5.91. The van der Waals surface area contributed by atoms with Crippen molar-refractivity contribution < 1.29 is 24.1 Å². The van der Waals surface area contributed by atoms with E-state index in [9.17, 15) is 9.90 Å². The molecule has 3 saturated heterocycles. The number of hydrogen-bond donors (Lipinski definition) is 1. The summed E-state index contributed by atoms with van der Waals surface area (Å²) in [6.45, 7) is 5.87. The van der Waals surface area contributed by atoms with Gasteiger partial charge in [-0.3, -0.25) is 0 Å². The third kappa shape index (κ3) is 1.57. The molecule has 5 nitrogen and oxygen atoms in total. The average molecular weight is 278 g/mol. The molecule has 1 N–H and O–H groups in total. The summed E-state index contributed by atoms with van der Waals surface area (Å²) < 4.78 is 16.8. The van der Waals surface area contributed by atoms with Gasteiger partial charge in [0.1, 0.15) is 11.7 Å². The van der Waals surface area contributed by atoms with E-state index in [2.05, 4.69) is 6.58 Å². The van der Waals surface area contributed by atoms with Gasteiger partial charge in [-0.25, -0.2) is 4.79 Å². The van der Waals surface area contributed by atoms with E-state index >= 15 is 0 Å². The second kappa shape index (κ2) is 3.93. The van der Waals surface area contributed by atoms with Crippen molar-refractivity contribution in [1.82, 2.24) is 0 Å². The molecule has 1 aliphatic carbocycles. The van der Waals surface area contributed by atoms with Crippen molar-refractivity contribution in [2.24, 2.45) is 5.92 Å². The number of allylic oxidation sites excluding steroid dienone is 1. The van der Waals surface area contributed by atoms with Crippen molar-refractivity contribution >= 4 is 5.97 Å². The van der Waals surface area contributed by atoms with Crippen molar-refractivity contribution in [2.75, 3.05) is 0 Å². The quantitative estimate of drug-likeness (QED) is 0.311. The lowest BCUT2D eigenvalue weighted by atomic mass is 9.84. The fraction of sp³-hybridized carbons (Fsp3) is 0.667. The first-order valence-corrected chi connectivity index (χ1v) is 7.10. The lowest BCUT2D eigenvalue weighted by Crippen LogP contribution is -2.29. The van der Waals surface area contributed by atoms with Gasteiger partial charge in [0, 0.05) is 12.0 Å². The molecule has 1 spiro atoms. The Balaban J connectivity index is 1.73. The van der Waals surface area contributed by atoms with Gasteiger partial charge in [0.15, 0.2) is 6.29 Å². The van der Waals surface area contributed by atoms with E-state index in [1.165, 1.54) is 5.57 Å².